The maximum absolute atomic E-state index is 12.3. The van der Waals surface area contributed by atoms with Gasteiger partial charge in [0, 0.05) is 24.7 Å². The minimum Gasteiger partial charge on any atom is -0.361 e. The summed E-state index contributed by atoms with van der Waals surface area (Å²) in [7, 11) is 0. The predicted octanol–water partition coefficient (Wildman–Crippen LogP) is 1.83. The first-order valence-corrected chi connectivity index (χ1v) is 8.09. The number of carbonyl (C=O) groups excluding carboxylic acids is 1. The summed E-state index contributed by atoms with van der Waals surface area (Å²) in [6.45, 7) is 1.95. The van der Waals surface area contributed by atoms with Gasteiger partial charge in [0.1, 0.15) is 12.1 Å². The molecular weight excluding hydrogens is 304 g/mol. The zero-order valence-corrected chi connectivity index (χ0v) is 13.2. The van der Waals surface area contributed by atoms with E-state index in [9.17, 15) is 4.79 Å². The Bertz CT molecular complexity index is 854. The van der Waals surface area contributed by atoms with Gasteiger partial charge in [0.2, 0.25) is 5.91 Å². The quantitative estimate of drug-likeness (QED) is 0.793. The van der Waals surface area contributed by atoms with Crippen molar-refractivity contribution in [1.82, 2.24) is 24.5 Å². The van der Waals surface area contributed by atoms with E-state index in [1.165, 1.54) is 6.33 Å². The average Bonchev–Trinajstić information content (AvgIpc) is 3.31. The molecule has 1 saturated heterocycles. The van der Waals surface area contributed by atoms with Crippen molar-refractivity contribution in [3.63, 3.8) is 0 Å². The molecule has 1 N–H and O–H groups in total. The van der Waals surface area contributed by atoms with Gasteiger partial charge >= 0.3 is 0 Å². The van der Waals surface area contributed by atoms with Gasteiger partial charge in [0.05, 0.1) is 12.2 Å². The SMILES string of the molecule is O=C(CNc1cc(-c2ccccc2)nc2ncnn12)N1CCCC1. The van der Waals surface area contributed by atoms with E-state index in [1.54, 1.807) is 4.52 Å². The second-order valence-corrected chi connectivity index (χ2v) is 5.81. The lowest BCUT2D eigenvalue weighted by atomic mass is 10.1. The number of fused-ring (bicyclic) bond motifs is 1. The molecule has 3 heterocycles. The third kappa shape index (κ3) is 2.80. The first-order valence-electron chi connectivity index (χ1n) is 8.09. The number of hydrogen-bond donors (Lipinski definition) is 1. The Morgan fingerprint density at radius 2 is 1.96 bits per heavy atom. The first-order chi connectivity index (χ1) is 11.8. The molecule has 0 atom stereocenters. The Hall–Kier alpha value is -2.96. The Balaban J connectivity index is 1.61. The molecule has 0 saturated carbocycles. The Labute approximate surface area is 139 Å². The number of likely N-dealkylation sites (tertiary alicyclic amines) is 1. The van der Waals surface area contributed by atoms with Gasteiger partial charge < -0.3 is 10.2 Å². The highest BCUT2D eigenvalue weighted by Crippen LogP contribution is 2.21. The molecule has 7 nitrogen and oxygen atoms in total. The van der Waals surface area contributed by atoms with Crippen LogP contribution in [0.25, 0.3) is 17.0 Å². The van der Waals surface area contributed by atoms with Gasteiger partial charge in [0.25, 0.3) is 5.78 Å². The topological polar surface area (TPSA) is 75.4 Å². The van der Waals surface area contributed by atoms with E-state index in [0.29, 0.717) is 11.6 Å². The largest absolute Gasteiger partial charge is 0.361 e. The highest BCUT2D eigenvalue weighted by atomic mass is 16.2. The smallest absolute Gasteiger partial charge is 0.254 e. The van der Waals surface area contributed by atoms with Gasteiger partial charge in [-0.05, 0) is 12.8 Å². The van der Waals surface area contributed by atoms with Gasteiger partial charge in [-0.3, -0.25) is 4.79 Å². The van der Waals surface area contributed by atoms with Crippen LogP contribution in [0.3, 0.4) is 0 Å². The minimum atomic E-state index is 0.110. The normalized spacial score (nSPS) is 14.2. The maximum atomic E-state index is 12.3. The summed E-state index contributed by atoms with van der Waals surface area (Å²) in [5.74, 6) is 1.33. The molecule has 0 unspecified atom stereocenters. The van der Waals surface area contributed by atoms with Crippen molar-refractivity contribution in [2.24, 2.45) is 0 Å². The molecular formula is C17H18N6O. The second kappa shape index (κ2) is 6.27. The van der Waals surface area contributed by atoms with Gasteiger partial charge in [-0.25, -0.2) is 4.98 Å². The maximum Gasteiger partial charge on any atom is 0.254 e. The second-order valence-electron chi connectivity index (χ2n) is 5.81. The molecule has 24 heavy (non-hydrogen) atoms. The molecule has 122 valence electrons. The van der Waals surface area contributed by atoms with Crippen LogP contribution in [-0.2, 0) is 4.79 Å². The molecule has 1 fully saturated rings. The standard InChI is InChI=1S/C17H18N6O/c24-16(22-8-4-5-9-22)11-18-15-10-14(13-6-2-1-3-7-13)21-17-19-12-20-23(15)17/h1-3,6-7,10,12,18H,4-5,8-9,11H2. The van der Waals surface area contributed by atoms with Crippen LogP contribution in [0.1, 0.15) is 12.8 Å². The Kier molecular flexibility index (Phi) is 3.82. The van der Waals surface area contributed by atoms with Gasteiger partial charge in [-0.15, -0.1) is 0 Å². The molecule has 4 rings (SSSR count). The number of rotatable bonds is 4. The van der Waals surface area contributed by atoms with Gasteiger partial charge in [-0.1, -0.05) is 30.3 Å². The summed E-state index contributed by atoms with van der Waals surface area (Å²) in [5.41, 5.74) is 1.80. The third-order valence-electron chi connectivity index (χ3n) is 4.20. The van der Waals surface area contributed by atoms with E-state index < -0.39 is 0 Å². The Morgan fingerprint density at radius 1 is 1.17 bits per heavy atom. The minimum absolute atomic E-state index is 0.110. The molecule has 2 aromatic heterocycles. The van der Waals surface area contributed by atoms with Crippen LogP contribution >= 0.6 is 0 Å². The van der Waals surface area contributed by atoms with Crippen LogP contribution in [-0.4, -0.2) is 50.0 Å². The summed E-state index contributed by atoms with van der Waals surface area (Å²) < 4.78 is 1.61. The van der Waals surface area contributed by atoms with E-state index in [-0.39, 0.29) is 12.5 Å². The highest BCUT2D eigenvalue weighted by molar-refractivity contribution is 5.81. The molecule has 1 aromatic carbocycles. The zero-order chi connectivity index (χ0) is 16.4. The van der Waals surface area contributed by atoms with Crippen molar-refractivity contribution in [3.05, 3.63) is 42.7 Å². The highest BCUT2D eigenvalue weighted by Gasteiger charge is 2.18. The fraction of sp³-hybridized carbons (Fsp3) is 0.294. The van der Waals surface area contributed by atoms with Crippen LogP contribution in [0.2, 0.25) is 0 Å². The van der Waals surface area contributed by atoms with Crippen LogP contribution in [0.5, 0.6) is 0 Å². The van der Waals surface area contributed by atoms with Gasteiger partial charge in [-0.2, -0.15) is 14.6 Å². The lowest BCUT2D eigenvalue weighted by molar-refractivity contribution is -0.128. The third-order valence-corrected chi connectivity index (χ3v) is 4.20. The molecule has 7 heteroatoms. The van der Waals surface area contributed by atoms with Crippen LogP contribution < -0.4 is 5.32 Å². The lowest BCUT2D eigenvalue weighted by Gasteiger charge is -2.16. The summed E-state index contributed by atoms with van der Waals surface area (Å²) in [6.07, 6.45) is 3.64. The molecule has 0 aliphatic carbocycles. The number of amides is 1. The number of anilines is 1. The Morgan fingerprint density at radius 3 is 2.75 bits per heavy atom. The number of nitrogens with one attached hydrogen (secondary N) is 1. The summed E-state index contributed by atoms with van der Waals surface area (Å²) >= 11 is 0. The average molecular weight is 322 g/mol. The van der Waals surface area contributed by atoms with E-state index in [1.807, 2.05) is 41.3 Å². The van der Waals surface area contributed by atoms with E-state index >= 15 is 0 Å². The van der Waals surface area contributed by atoms with Crippen molar-refractivity contribution in [1.29, 1.82) is 0 Å². The monoisotopic (exact) mass is 322 g/mol. The first kappa shape index (κ1) is 14.6. The van der Waals surface area contributed by atoms with E-state index in [2.05, 4.69) is 20.4 Å². The van der Waals surface area contributed by atoms with E-state index in [4.69, 9.17) is 0 Å². The molecule has 0 bridgehead atoms. The lowest BCUT2D eigenvalue weighted by Crippen LogP contribution is -2.33. The molecule has 3 aromatic rings. The summed E-state index contributed by atoms with van der Waals surface area (Å²) in [5, 5.41) is 7.37. The fourth-order valence-electron chi connectivity index (χ4n) is 2.94. The van der Waals surface area contributed by atoms with Crippen LogP contribution in [0, 0.1) is 0 Å². The molecule has 1 amide bonds. The van der Waals surface area contributed by atoms with Crippen LogP contribution in [0.4, 0.5) is 5.82 Å². The predicted molar refractivity (Wildman–Crippen MR) is 90.5 cm³/mol. The zero-order valence-electron chi connectivity index (χ0n) is 13.2. The van der Waals surface area contributed by atoms with Crippen molar-refractivity contribution in [2.45, 2.75) is 12.8 Å². The van der Waals surface area contributed by atoms with Crippen molar-refractivity contribution < 1.29 is 4.79 Å². The van der Waals surface area contributed by atoms with Crippen molar-refractivity contribution >= 4 is 17.5 Å². The molecule has 0 spiro atoms. The number of benzene rings is 1. The molecule has 0 radical (unpaired) electrons. The number of nitrogens with zero attached hydrogens (tertiary/aromatic N) is 5. The van der Waals surface area contributed by atoms with Gasteiger partial charge in [0.15, 0.2) is 0 Å². The molecule has 1 aliphatic heterocycles. The summed E-state index contributed by atoms with van der Waals surface area (Å²) in [4.78, 5) is 22.8. The van der Waals surface area contributed by atoms with Crippen molar-refractivity contribution in [3.8, 4) is 11.3 Å². The van der Waals surface area contributed by atoms with E-state index in [0.717, 1.165) is 37.2 Å². The fourth-order valence-corrected chi connectivity index (χ4v) is 2.94. The van der Waals surface area contributed by atoms with Crippen molar-refractivity contribution in [2.75, 3.05) is 25.0 Å². The van der Waals surface area contributed by atoms with Crippen LogP contribution in [0.15, 0.2) is 42.7 Å². The molecule has 1 aliphatic rings. The summed E-state index contributed by atoms with van der Waals surface area (Å²) in [6, 6.07) is 11.8. The number of aromatic nitrogens is 4. The number of carbonyl (C=O) groups is 1. The number of hydrogen-bond acceptors (Lipinski definition) is 5.